The molecule has 1 aliphatic heterocycles. The quantitative estimate of drug-likeness (QED) is 0.355. The van der Waals surface area contributed by atoms with Crippen LogP contribution in [0.3, 0.4) is 0 Å². The smallest absolute Gasteiger partial charge is 0.254 e. The Balaban J connectivity index is 1.37. The third-order valence-corrected chi connectivity index (χ3v) is 7.32. The van der Waals surface area contributed by atoms with Gasteiger partial charge in [-0.15, -0.1) is 0 Å². The minimum Gasteiger partial charge on any atom is -0.340 e. The molecule has 0 radical (unpaired) electrons. The van der Waals surface area contributed by atoms with Crippen LogP contribution < -0.4 is 0 Å². The zero-order valence-electron chi connectivity index (χ0n) is 17.6. The van der Waals surface area contributed by atoms with E-state index in [9.17, 15) is 14.0 Å². The van der Waals surface area contributed by atoms with Gasteiger partial charge in [-0.1, -0.05) is 48.6 Å². The summed E-state index contributed by atoms with van der Waals surface area (Å²) in [6.45, 7) is 2.34. The fraction of sp³-hybridized carbons (Fsp3) is 0.269. The van der Waals surface area contributed by atoms with E-state index in [4.69, 9.17) is 0 Å². The molecule has 2 aliphatic carbocycles. The molecule has 6 rings (SSSR count). The molecule has 1 saturated heterocycles. The van der Waals surface area contributed by atoms with Crippen molar-refractivity contribution in [3.63, 3.8) is 0 Å². The molecular formula is C26H22FN3O2. The number of hydrazone groups is 1. The zero-order valence-corrected chi connectivity index (χ0v) is 17.6. The predicted molar refractivity (Wildman–Crippen MR) is 119 cm³/mol. The van der Waals surface area contributed by atoms with Gasteiger partial charge in [0.2, 0.25) is 0 Å². The highest BCUT2D eigenvalue weighted by Gasteiger charge is 2.59. The van der Waals surface area contributed by atoms with Gasteiger partial charge in [0.05, 0.1) is 24.6 Å². The van der Waals surface area contributed by atoms with Crippen molar-refractivity contribution in [3.8, 4) is 0 Å². The summed E-state index contributed by atoms with van der Waals surface area (Å²) in [7, 11) is 0. The average Bonchev–Trinajstić information content (AvgIpc) is 3.53. The summed E-state index contributed by atoms with van der Waals surface area (Å²) in [4.78, 5) is 25.9. The van der Waals surface area contributed by atoms with Gasteiger partial charge in [0.25, 0.3) is 11.8 Å². The number of fused-ring (bicyclic) bond motifs is 6. The van der Waals surface area contributed by atoms with E-state index in [0.29, 0.717) is 12.1 Å². The second-order valence-corrected chi connectivity index (χ2v) is 8.93. The van der Waals surface area contributed by atoms with E-state index in [0.717, 1.165) is 33.6 Å². The van der Waals surface area contributed by atoms with Crippen LogP contribution in [0.4, 0.5) is 4.39 Å². The highest BCUT2D eigenvalue weighted by Crippen LogP contribution is 2.52. The van der Waals surface area contributed by atoms with Gasteiger partial charge in [-0.3, -0.25) is 9.59 Å². The Morgan fingerprint density at radius 2 is 1.66 bits per heavy atom. The maximum atomic E-state index is 14.3. The molecular weight excluding hydrogens is 405 g/mol. The molecule has 1 aromatic heterocycles. The predicted octanol–water partition coefficient (Wildman–Crippen LogP) is 4.28. The third kappa shape index (κ3) is 2.65. The minimum absolute atomic E-state index is 0.158. The fourth-order valence-electron chi connectivity index (χ4n) is 5.74. The molecule has 3 aliphatic rings. The first-order valence-corrected chi connectivity index (χ1v) is 11.0. The second kappa shape index (κ2) is 6.99. The lowest BCUT2D eigenvalue weighted by atomic mass is 9.85. The first kappa shape index (κ1) is 19.2. The van der Waals surface area contributed by atoms with Gasteiger partial charge in [-0.2, -0.15) is 10.1 Å². The molecule has 2 fully saturated rings. The third-order valence-electron chi connectivity index (χ3n) is 7.32. The van der Waals surface area contributed by atoms with Gasteiger partial charge in [0, 0.05) is 27.7 Å². The second-order valence-electron chi connectivity index (χ2n) is 8.93. The van der Waals surface area contributed by atoms with Crippen LogP contribution in [0.2, 0.25) is 0 Å². The van der Waals surface area contributed by atoms with E-state index in [-0.39, 0.29) is 41.3 Å². The SMILES string of the molecule is Cc1c(C=NN2C(=O)C3C4C=CC(C4)C3C2=O)c2ccccc2n1Cc1ccccc1F. The molecule has 160 valence electrons. The first-order chi connectivity index (χ1) is 15.5. The Morgan fingerprint density at radius 3 is 2.38 bits per heavy atom. The van der Waals surface area contributed by atoms with Crippen LogP contribution in [-0.4, -0.2) is 27.6 Å². The molecule has 4 atom stereocenters. The summed E-state index contributed by atoms with van der Waals surface area (Å²) < 4.78 is 16.3. The van der Waals surface area contributed by atoms with Crippen molar-refractivity contribution in [2.75, 3.05) is 0 Å². The lowest BCUT2D eigenvalue weighted by Crippen LogP contribution is -2.28. The normalized spacial score (nSPS) is 26.2. The van der Waals surface area contributed by atoms with Crippen molar-refractivity contribution < 1.29 is 14.0 Å². The van der Waals surface area contributed by atoms with Crippen molar-refractivity contribution in [1.82, 2.24) is 9.58 Å². The van der Waals surface area contributed by atoms with E-state index in [1.54, 1.807) is 18.3 Å². The van der Waals surface area contributed by atoms with Crippen molar-refractivity contribution >= 4 is 28.9 Å². The van der Waals surface area contributed by atoms with Crippen molar-refractivity contribution in [2.45, 2.75) is 19.9 Å². The monoisotopic (exact) mass is 427 g/mol. The van der Waals surface area contributed by atoms with E-state index in [1.807, 2.05) is 41.8 Å². The number of carbonyl (C=O) groups excluding carboxylic acids is 2. The van der Waals surface area contributed by atoms with Crippen molar-refractivity contribution in [1.29, 1.82) is 0 Å². The number of nitrogens with zero attached hydrogens (tertiary/aromatic N) is 3. The number of para-hydroxylation sites is 1. The molecule has 3 aromatic rings. The van der Waals surface area contributed by atoms with Gasteiger partial charge >= 0.3 is 0 Å². The molecule has 2 aromatic carbocycles. The molecule has 5 nitrogen and oxygen atoms in total. The van der Waals surface area contributed by atoms with Crippen molar-refractivity contribution in [3.05, 3.63) is 83.3 Å². The Bertz CT molecular complexity index is 1310. The first-order valence-electron chi connectivity index (χ1n) is 11.0. The average molecular weight is 427 g/mol. The maximum absolute atomic E-state index is 14.3. The number of rotatable bonds is 4. The van der Waals surface area contributed by atoms with Gasteiger partial charge in [0.1, 0.15) is 5.82 Å². The topological polar surface area (TPSA) is 54.7 Å². The van der Waals surface area contributed by atoms with Gasteiger partial charge in [0.15, 0.2) is 0 Å². The summed E-state index contributed by atoms with van der Waals surface area (Å²) in [5.41, 5.74) is 3.28. The number of amides is 2. The fourth-order valence-corrected chi connectivity index (χ4v) is 5.74. The summed E-state index contributed by atoms with van der Waals surface area (Å²) in [5, 5.41) is 6.40. The number of aromatic nitrogens is 1. The number of carbonyl (C=O) groups is 2. The van der Waals surface area contributed by atoms with Crippen LogP contribution in [0, 0.1) is 36.4 Å². The Kier molecular flexibility index (Phi) is 4.18. The van der Waals surface area contributed by atoms with Crippen LogP contribution in [0.1, 0.15) is 23.2 Å². The largest absolute Gasteiger partial charge is 0.340 e. The molecule has 6 heteroatoms. The summed E-state index contributed by atoms with van der Waals surface area (Å²) in [6, 6.07) is 14.6. The molecule has 2 heterocycles. The van der Waals surface area contributed by atoms with E-state index >= 15 is 0 Å². The number of benzene rings is 2. The van der Waals surface area contributed by atoms with Gasteiger partial charge in [-0.05, 0) is 37.3 Å². The Morgan fingerprint density at radius 1 is 1.00 bits per heavy atom. The van der Waals surface area contributed by atoms with Crippen LogP contribution >= 0.6 is 0 Å². The number of hydrogen-bond donors (Lipinski definition) is 0. The van der Waals surface area contributed by atoms with Crippen LogP contribution in [0.25, 0.3) is 10.9 Å². The number of halogens is 1. The van der Waals surface area contributed by atoms with E-state index in [2.05, 4.69) is 17.3 Å². The molecule has 1 saturated carbocycles. The van der Waals surface area contributed by atoms with Gasteiger partial charge < -0.3 is 4.57 Å². The van der Waals surface area contributed by atoms with Crippen LogP contribution in [0.15, 0.2) is 65.8 Å². The van der Waals surface area contributed by atoms with Crippen molar-refractivity contribution in [2.24, 2.45) is 28.8 Å². The summed E-state index contributed by atoms with van der Waals surface area (Å²) in [6.07, 6.45) is 6.66. The molecule has 2 bridgehead atoms. The molecule has 32 heavy (non-hydrogen) atoms. The minimum atomic E-state index is -0.266. The van der Waals surface area contributed by atoms with Crippen LogP contribution in [-0.2, 0) is 16.1 Å². The molecule has 2 amide bonds. The van der Waals surface area contributed by atoms with E-state index < -0.39 is 0 Å². The van der Waals surface area contributed by atoms with E-state index in [1.165, 1.54) is 6.07 Å². The maximum Gasteiger partial charge on any atom is 0.254 e. The highest BCUT2D eigenvalue weighted by molar-refractivity contribution is 6.08. The Hall–Kier alpha value is -3.54. The van der Waals surface area contributed by atoms with Crippen LogP contribution in [0.5, 0.6) is 0 Å². The number of imide groups is 1. The summed E-state index contributed by atoms with van der Waals surface area (Å²) >= 11 is 0. The number of allylic oxidation sites excluding steroid dienone is 2. The lowest BCUT2D eigenvalue weighted by molar-refractivity contribution is -0.140. The van der Waals surface area contributed by atoms with Gasteiger partial charge in [-0.25, -0.2) is 4.39 Å². The highest BCUT2D eigenvalue weighted by atomic mass is 19.1. The lowest BCUT2D eigenvalue weighted by Gasteiger charge is -2.13. The molecule has 0 spiro atoms. The summed E-state index contributed by atoms with van der Waals surface area (Å²) in [5.74, 6) is -0.849. The molecule has 0 N–H and O–H groups in total. The standard InChI is InChI=1S/C26H22FN3O2/c1-15-20(13-28-30-25(31)23-16-10-11-17(12-16)24(23)26(30)32)19-7-3-5-9-22(19)29(15)14-18-6-2-4-8-21(18)27/h2-11,13,16-17,23-24H,12,14H2,1H3. The Labute approximate surface area is 184 Å². The number of hydrogen-bond acceptors (Lipinski definition) is 3. The molecule has 4 unspecified atom stereocenters. The zero-order chi connectivity index (χ0) is 22.0.